The van der Waals surface area contributed by atoms with Gasteiger partial charge < -0.3 is 4.74 Å². The van der Waals surface area contributed by atoms with Crippen LogP contribution >= 0.6 is 34.2 Å². The molecule has 0 aromatic carbocycles. The van der Waals surface area contributed by atoms with Crippen LogP contribution in [-0.2, 0) is 16.1 Å². The van der Waals surface area contributed by atoms with E-state index < -0.39 is 0 Å². The number of aromatic nitrogens is 2. The lowest BCUT2D eigenvalue weighted by molar-refractivity contribution is -0.143. The summed E-state index contributed by atoms with van der Waals surface area (Å²) in [5.74, 6) is 0.427. The van der Waals surface area contributed by atoms with E-state index >= 15 is 0 Å². The second kappa shape index (κ2) is 8.73. The van der Waals surface area contributed by atoms with Crippen LogP contribution in [0.3, 0.4) is 0 Å². The summed E-state index contributed by atoms with van der Waals surface area (Å²) in [4.78, 5) is 37.7. The normalized spacial score (nSPS) is 25.5. The number of ether oxygens (including phenoxy) is 1. The minimum absolute atomic E-state index is 0.0379. The van der Waals surface area contributed by atoms with E-state index in [2.05, 4.69) is 44.0 Å². The van der Waals surface area contributed by atoms with Crippen molar-refractivity contribution in [3.05, 3.63) is 40.5 Å². The zero-order valence-corrected chi connectivity index (χ0v) is 23.9. The molecule has 2 amide bonds. The number of likely N-dealkylation sites (tertiary alicyclic amines) is 1. The average Bonchev–Trinajstić information content (AvgIpc) is 3.07. The highest BCUT2D eigenvalue weighted by molar-refractivity contribution is 14.1. The van der Waals surface area contributed by atoms with Crippen LogP contribution < -0.4 is 4.74 Å². The number of hydrogen-bond donors (Lipinski definition) is 0. The van der Waals surface area contributed by atoms with Crippen molar-refractivity contribution >= 4 is 56.2 Å². The molecule has 3 unspecified atom stereocenters. The molecule has 0 radical (unpaired) electrons. The monoisotopic (exact) mass is 616 g/mol. The van der Waals surface area contributed by atoms with Gasteiger partial charge in [-0.05, 0) is 55.9 Å². The largest absolute Gasteiger partial charge is 0.486 e. The number of halogens is 1. The number of carbonyl (C=O) groups is 2. The standard InChI is InChI=1S/C27H29IN4O3S/c1-14-10-15(2)30-22(23(14)35-16-6-5-9-31(28)12-16)18-7-8-29-19-11-17(36-24(18)19)13-32-25(33)20-21(26(32)34)27(20,3)4/h7-8,10-11,16,20-21H,5-6,9,12-13H2,1-4H3. The van der Waals surface area contributed by atoms with Gasteiger partial charge in [-0.1, -0.05) is 13.8 Å². The highest BCUT2D eigenvalue weighted by Crippen LogP contribution is 2.63. The Labute approximate surface area is 228 Å². The molecule has 2 aliphatic heterocycles. The minimum Gasteiger partial charge on any atom is -0.486 e. The molecule has 3 aromatic rings. The molecule has 3 fully saturated rings. The Morgan fingerprint density at radius 3 is 2.67 bits per heavy atom. The van der Waals surface area contributed by atoms with Gasteiger partial charge in [0.1, 0.15) is 17.5 Å². The molecule has 5 heterocycles. The number of rotatable bonds is 5. The van der Waals surface area contributed by atoms with Crippen molar-refractivity contribution in [3.63, 3.8) is 0 Å². The van der Waals surface area contributed by atoms with Gasteiger partial charge in [-0.25, -0.2) is 8.10 Å². The molecule has 188 valence electrons. The molecule has 9 heteroatoms. The molecule has 6 rings (SSSR count). The highest BCUT2D eigenvalue weighted by Gasteiger charge is 2.72. The van der Waals surface area contributed by atoms with Gasteiger partial charge in [-0.15, -0.1) is 11.3 Å². The van der Waals surface area contributed by atoms with Gasteiger partial charge in [0.15, 0.2) is 0 Å². The third-order valence-electron chi connectivity index (χ3n) is 7.82. The predicted molar refractivity (Wildman–Crippen MR) is 148 cm³/mol. The predicted octanol–water partition coefficient (Wildman–Crippen LogP) is 5.31. The topological polar surface area (TPSA) is 75.6 Å². The smallest absolute Gasteiger partial charge is 0.234 e. The van der Waals surface area contributed by atoms with E-state index in [9.17, 15) is 9.59 Å². The molecular weight excluding hydrogens is 587 g/mol. The van der Waals surface area contributed by atoms with Crippen LogP contribution in [-0.4, -0.2) is 49.0 Å². The van der Waals surface area contributed by atoms with Crippen molar-refractivity contribution in [2.24, 2.45) is 17.3 Å². The molecular formula is C27H29IN4O3S. The van der Waals surface area contributed by atoms with E-state index in [1.165, 1.54) is 4.90 Å². The molecule has 0 spiro atoms. The first-order valence-electron chi connectivity index (χ1n) is 12.4. The number of imide groups is 1. The van der Waals surface area contributed by atoms with Crippen LogP contribution in [0.1, 0.15) is 42.8 Å². The fourth-order valence-electron chi connectivity index (χ4n) is 5.88. The number of aryl methyl sites for hydroxylation is 2. The number of piperidine rings is 2. The summed E-state index contributed by atoms with van der Waals surface area (Å²) in [7, 11) is 0. The summed E-state index contributed by atoms with van der Waals surface area (Å²) in [6.07, 6.45) is 4.06. The number of carbonyl (C=O) groups excluding carboxylic acids is 2. The van der Waals surface area contributed by atoms with Gasteiger partial charge in [-0.3, -0.25) is 19.5 Å². The molecule has 3 aliphatic rings. The first-order chi connectivity index (χ1) is 17.1. The summed E-state index contributed by atoms with van der Waals surface area (Å²) >= 11 is 3.95. The van der Waals surface area contributed by atoms with E-state index in [0.717, 1.165) is 69.3 Å². The van der Waals surface area contributed by atoms with Crippen LogP contribution in [0.25, 0.3) is 21.5 Å². The summed E-state index contributed by atoms with van der Waals surface area (Å²) in [5.41, 5.74) is 4.46. The lowest BCUT2D eigenvalue weighted by atomic mass is 10.1. The van der Waals surface area contributed by atoms with Crippen molar-refractivity contribution in [1.82, 2.24) is 18.0 Å². The summed E-state index contributed by atoms with van der Waals surface area (Å²) in [6, 6.07) is 6.06. The lowest BCUT2D eigenvalue weighted by Gasteiger charge is -2.29. The Bertz CT molecular complexity index is 1380. The second-order valence-electron chi connectivity index (χ2n) is 10.8. The van der Waals surface area contributed by atoms with Crippen LogP contribution in [0.5, 0.6) is 5.75 Å². The van der Waals surface area contributed by atoms with Crippen LogP contribution in [0.2, 0.25) is 0 Å². The molecule has 0 N–H and O–H groups in total. The van der Waals surface area contributed by atoms with Crippen molar-refractivity contribution in [1.29, 1.82) is 0 Å². The summed E-state index contributed by atoms with van der Waals surface area (Å²) in [5, 5.41) is 0. The van der Waals surface area contributed by atoms with Crippen molar-refractivity contribution in [2.75, 3.05) is 13.1 Å². The number of pyridine rings is 2. The van der Waals surface area contributed by atoms with Gasteiger partial charge >= 0.3 is 0 Å². The van der Waals surface area contributed by atoms with Gasteiger partial charge in [0.2, 0.25) is 11.8 Å². The van der Waals surface area contributed by atoms with E-state index in [0.29, 0.717) is 6.54 Å². The Kier molecular flexibility index (Phi) is 5.88. The van der Waals surface area contributed by atoms with Crippen molar-refractivity contribution in [3.8, 4) is 17.0 Å². The van der Waals surface area contributed by atoms with Crippen LogP contribution in [0.4, 0.5) is 0 Å². The maximum atomic E-state index is 12.9. The Morgan fingerprint density at radius 1 is 1.19 bits per heavy atom. The molecule has 3 atom stereocenters. The Balaban J connectivity index is 1.35. The second-order valence-corrected chi connectivity index (χ2v) is 13.3. The van der Waals surface area contributed by atoms with Gasteiger partial charge in [0, 0.05) is 58.3 Å². The van der Waals surface area contributed by atoms with Crippen LogP contribution in [0, 0.1) is 31.1 Å². The number of amides is 2. The lowest BCUT2D eigenvalue weighted by Crippen LogP contribution is -2.35. The van der Waals surface area contributed by atoms with Crippen molar-refractivity contribution < 1.29 is 14.3 Å². The quantitative estimate of drug-likeness (QED) is 0.220. The molecule has 1 aliphatic carbocycles. The maximum absolute atomic E-state index is 12.9. The number of thiophene rings is 1. The van der Waals surface area contributed by atoms with Gasteiger partial charge in [0.05, 0.1) is 28.6 Å². The molecule has 0 bridgehead atoms. The fourth-order valence-corrected chi connectivity index (χ4v) is 7.78. The third kappa shape index (κ3) is 3.94. The first-order valence-corrected chi connectivity index (χ1v) is 14.2. The molecule has 2 saturated heterocycles. The van der Waals surface area contributed by atoms with E-state index in [1.807, 2.05) is 32.9 Å². The number of hydrogen-bond acceptors (Lipinski definition) is 7. The van der Waals surface area contributed by atoms with Gasteiger partial charge in [-0.2, -0.15) is 0 Å². The molecule has 7 nitrogen and oxygen atoms in total. The maximum Gasteiger partial charge on any atom is 0.234 e. The minimum atomic E-state index is -0.197. The van der Waals surface area contributed by atoms with E-state index in [1.54, 1.807) is 17.5 Å². The van der Waals surface area contributed by atoms with E-state index in [4.69, 9.17) is 9.72 Å². The molecule has 1 saturated carbocycles. The molecule has 36 heavy (non-hydrogen) atoms. The average molecular weight is 617 g/mol. The Morgan fingerprint density at radius 2 is 1.94 bits per heavy atom. The van der Waals surface area contributed by atoms with Crippen LogP contribution in [0.15, 0.2) is 24.4 Å². The Hall–Kier alpha value is -2.11. The third-order valence-corrected chi connectivity index (χ3v) is 9.84. The highest BCUT2D eigenvalue weighted by atomic mass is 127. The van der Waals surface area contributed by atoms with Gasteiger partial charge in [0.25, 0.3) is 0 Å². The zero-order valence-electron chi connectivity index (χ0n) is 20.9. The SMILES string of the molecule is Cc1cc(C)c(OC2CCCN(I)C2)c(-c2ccnc3cc(CN4C(=O)C5C(C4=O)C5(C)C)sc23)n1. The zero-order chi connectivity index (χ0) is 25.4. The summed E-state index contributed by atoms with van der Waals surface area (Å²) in [6.45, 7) is 10.4. The number of fused-ring (bicyclic) bond motifs is 2. The van der Waals surface area contributed by atoms with E-state index in [-0.39, 0.29) is 35.2 Å². The fraction of sp³-hybridized carbons (Fsp3) is 0.481. The first kappa shape index (κ1) is 24.2. The molecule has 3 aromatic heterocycles. The number of nitrogens with zero attached hydrogens (tertiary/aromatic N) is 4. The summed E-state index contributed by atoms with van der Waals surface area (Å²) < 4.78 is 9.88. The van der Waals surface area contributed by atoms with Crippen molar-refractivity contribution in [2.45, 2.75) is 53.2 Å².